The van der Waals surface area contributed by atoms with Crippen LogP contribution in [0.1, 0.15) is 52.8 Å². The van der Waals surface area contributed by atoms with Gasteiger partial charge in [-0.15, -0.1) is 0 Å². The van der Waals surface area contributed by atoms with Gasteiger partial charge in [0.1, 0.15) is 0 Å². The number of anilines is 6. The molecule has 10 aromatic carbocycles. The molecule has 0 fully saturated rings. The zero-order chi connectivity index (χ0) is 44.7. The Morgan fingerprint density at radius 3 is 1.73 bits per heavy atom. The molecule has 66 heavy (non-hydrogen) atoms. The first-order valence-electron chi connectivity index (χ1n) is 23.5. The molecule has 2 aliphatic rings. The van der Waals surface area contributed by atoms with Gasteiger partial charge < -0.3 is 9.80 Å². The Balaban J connectivity index is 1.20. The molecule has 12 rings (SSSR count). The second-order valence-corrected chi connectivity index (χ2v) is 19.0. The molecule has 10 aromatic rings. The van der Waals surface area contributed by atoms with E-state index < -0.39 is 0 Å². The molecule has 0 radical (unpaired) electrons. The first-order valence-corrected chi connectivity index (χ1v) is 23.5. The van der Waals surface area contributed by atoms with Crippen molar-refractivity contribution in [3.63, 3.8) is 0 Å². The molecular weight excluding hydrogens is 797 g/mol. The summed E-state index contributed by atoms with van der Waals surface area (Å²) in [6.45, 7) is 11.5. The first-order chi connectivity index (χ1) is 32.2. The van der Waals surface area contributed by atoms with Gasteiger partial charge in [0.25, 0.3) is 0 Å². The van der Waals surface area contributed by atoms with Gasteiger partial charge in [-0.3, -0.25) is 0 Å². The Labute approximate surface area is 389 Å². The fourth-order valence-corrected chi connectivity index (χ4v) is 11.2. The lowest BCUT2D eigenvalue weighted by Crippen LogP contribution is -2.15. The number of rotatable bonds is 6. The van der Waals surface area contributed by atoms with Gasteiger partial charge in [0.05, 0.1) is 0 Å². The Morgan fingerprint density at radius 2 is 1.00 bits per heavy atom. The van der Waals surface area contributed by atoms with E-state index in [1.807, 2.05) is 0 Å². The number of benzene rings is 10. The summed E-state index contributed by atoms with van der Waals surface area (Å²) in [6.07, 6.45) is 2.00. The summed E-state index contributed by atoms with van der Waals surface area (Å²) < 4.78 is 0. The third-order valence-electron chi connectivity index (χ3n) is 14.8. The Hall–Kier alpha value is -7.68. The molecule has 318 valence electrons. The van der Waals surface area contributed by atoms with Gasteiger partial charge in [0, 0.05) is 39.5 Å². The fraction of sp³-hybridized carbons (Fsp3) is 0.125. The summed E-state index contributed by atoms with van der Waals surface area (Å²) in [5.41, 5.74) is 23.9. The van der Waals surface area contributed by atoms with Crippen LogP contribution in [0.25, 0.3) is 54.9 Å². The highest BCUT2D eigenvalue weighted by Crippen LogP contribution is 2.53. The van der Waals surface area contributed by atoms with E-state index in [-0.39, 0.29) is 5.41 Å². The van der Waals surface area contributed by atoms with E-state index in [0.717, 1.165) is 29.9 Å². The minimum atomic E-state index is -0.144. The molecule has 1 heterocycles. The largest absolute Gasteiger partial charge is 0.310 e. The standard InChI is InChI=1S/C64H52N2/c1-41-27-28-46(37-43(41)3)62-53-36-33-50(66-60-25-15-10-18-44(60)29-30-45-19-11-16-26-61(45)66)40-56(53)63(47-31-34-52-51-22-12-13-23-57(51)64(4,5)58(52)38-47)54-35-32-49(39-55(54)62)65(48-20-7-6-8-21-48)59-24-14-9-17-42(59)2/h6-28,31-40H,29-30H2,1-5H3. The third-order valence-corrected chi connectivity index (χ3v) is 14.8. The number of para-hydroxylation sites is 4. The molecule has 2 heteroatoms. The molecule has 0 aromatic heterocycles. The third kappa shape index (κ3) is 6.31. The minimum Gasteiger partial charge on any atom is -0.310 e. The number of hydrogen-bond donors (Lipinski definition) is 0. The van der Waals surface area contributed by atoms with Gasteiger partial charge in [-0.25, -0.2) is 0 Å². The maximum atomic E-state index is 2.52. The first kappa shape index (κ1) is 39.9. The lowest BCUT2D eigenvalue weighted by Gasteiger charge is -2.29. The van der Waals surface area contributed by atoms with Crippen LogP contribution < -0.4 is 9.80 Å². The molecule has 1 aliphatic carbocycles. The molecule has 0 N–H and O–H groups in total. The van der Waals surface area contributed by atoms with Crippen LogP contribution in [-0.4, -0.2) is 0 Å². The van der Waals surface area contributed by atoms with Crippen molar-refractivity contribution < 1.29 is 0 Å². The van der Waals surface area contributed by atoms with Gasteiger partial charge in [0.15, 0.2) is 0 Å². The lowest BCUT2D eigenvalue weighted by atomic mass is 9.80. The van der Waals surface area contributed by atoms with E-state index in [9.17, 15) is 0 Å². The SMILES string of the molecule is Cc1ccc(-c2c3ccc(N4c5ccccc5CCc5ccccc54)cc3c(-c3ccc4c(c3)C(C)(C)c3ccccc3-4)c3ccc(N(c4ccccc4)c4ccccc4C)cc23)cc1C. The van der Waals surface area contributed by atoms with Crippen molar-refractivity contribution in [1.29, 1.82) is 0 Å². The maximum absolute atomic E-state index is 2.52. The summed E-state index contributed by atoms with van der Waals surface area (Å²) in [4.78, 5) is 4.95. The van der Waals surface area contributed by atoms with E-state index in [1.165, 1.54) is 111 Å². The van der Waals surface area contributed by atoms with Crippen LogP contribution in [0.3, 0.4) is 0 Å². The van der Waals surface area contributed by atoms with Crippen LogP contribution in [0.15, 0.2) is 200 Å². The van der Waals surface area contributed by atoms with Crippen molar-refractivity contribution in [1.82, 2.24) is 0 Å². The van der Waals surface area contributed by atoms with Crippen LogP contribution >= 0.6 is 0 Å². The van der Waals surface area contributed by atoms with Crippen molar-refractivity contribution >= 4 is 55.7 Å². The Bertz CT molecular complexity index is 3510. The number of fused-ring (bicyclic) bond motifs is 7. The highest BCUT2D eigenvalue weighted by molar-refractivity contribution is 6.23. The Kier molecular flexibility index (Phi) is 9.36. The number of aryl methyl sites for hydroxylation is 5. The predicted molar refractivity (Wildman–Crippen MR) is 281 cm³/mol. The summed E-state index contributed by atoms with van der Waals surface area (Å²) in [5, 5.41) is 4.95. The molecule has 0 amide bonds. The molecule has 0 unspecified atom stereocenters. The quantitative estimate of drug-likeness (QED) is 0.154. The molecule has 0 atom stereocenters. The molecule has 0 saturated heterocycles. The predicted octanol–water partition coefficient (Wildman–Crippen LogP) is 17.6. The molecule has 0 spiro atoms. The number of nitrogens with zero attached hydrogens (tertiary/aromatic N) is 2. The molecular formula is C64H52N2. The average molecular weight is 849 g/mol. The zero-order valence-corrected chi connectivity index (χ0v) is 38.4. The summed E-state index contributed by atoms with van der Waals surface area (Å²) >= 11 is 0. The summed E-state index contributed by atoms with van der Waals surface area (Å²) in [5.74, 6) is 0. The van der Waals surface area contributed by atoms with E-state index in [1.54, 1.807) is 0 Å². The van der Waals surface area contributed by atoms with Crippen molar-refractivity contribution in [2.24, 2.45) is 0 Å². The monoisotopic (exact) mass is 848 g/mol. The van der Waals surface area contributed by atoms with Gasteiger partial charge in [-0.05, 0) is 188 Å². The van der Waals surface area contributed by atoms with Gasteiger partial charge >= 0.3 is 0 Å². The highest BCUT2D eigenvalue weighted by atomic mass is 15.2. The Morgan fingerprint density at radius 1 is 0.409 bits per heavy atom. The normalized spacial score (nSPS) is 13.5. The van der Waals surface area contributed by atoms with Crippen LogP contribution in [0.5, 0.6) is 0 Å². The van der Waals surface area contributed by atoms with E-state index in [0.29, 0.717) is 0 Å². The average Bonchev–Trinajstić information content (AvgIpc) is 3.45. The lowest BCUT2D eigenvalue weighted by molar-refractivity contribution is 0.660. The zero-order valence-electron chi connectivity index (χ0n) is 38.4. The fourth-order valence-electron chi connectivity index (χ4n) is 11.2. The van der Waals surface area contributed by atoms with Gasteiger partial charge in [0.2, 0.25) is 0 Å². The van der Waals surface area contributed by atoms with E-state index in [4.69, 9.17) is 0 Å². The molecule has 2 nitrogen and oxygen atoms in total. The smallest absolute Gasteiger partial charge is 0.0493 e. The number of hydrogen-bond acceptors (Lipinski definition) is 2. The topological polar surface area (TPSA) is 6.48 Å². The second-order valence-electron chi connectivity index (χ2n) is 19.0. The minimum absolute atomic E-state index is 0.144. The van der Waals surface area contributed by atoms with Crippen LogP contribution in [0.2, 0.25) is 0 Å². The van der Waals surface area contributed by atoms with Crippen LogP contribution in [-0.2, 0) is 18.3 Å². The molecule has 1 aliphatic heterocycles. The molecule has 0 bridgehead atoms. The van der Waals surface area contributed by atoms with Crippen molar-refractivity contribution in [2.45, 2.75) is 52.9 Å². The van der Waals surface area contributed by atoms with Gasteiger partial charge in [-0.1, -0.05) is 153 Å². The molecule has 0 saturated carbocycles. The second kappa shape index (κ2) is 15.5. The van der Waals surface area contributed by atoms with Gasteiger partial charge in [-0.2, -0.15) is 0 Å². The maximum Gasteiger partial charge on any atom is 0.0493 e. The van der Waals surface area contributed by atoms with Crippen LogP contribution in [0.4, 0.5) is 34.1 Å². The summed E-state index contributed by atoms with van der Waals surface area (Å²) in [6, 6.07) is 75.4. The van der Waals surface area contributed by atoms with Crippen molar-refractivity contribution in [3.8, 4) is 33.4 Å². The van der Waals surface area contributed by atoms with Crippen LogP contribution in [0, 0.1) is 20.8 Å². The van der Waals surface area contributed by atoms with E-state index >= 15 is 0 Å². The van der Waals surface area contributed by atoms with Crippen molar-refractivity contribution in [2.75, 3.05) is 9.80 Å². The van der Waals surface area contributed by atoms with E-state index in [2.05, 4.69) is 245 Å². The highest BCUT2D eigenvalue weighted by Gasteiger charge is 2.36. The van der Waals surface area contributed by atoms with Crippen molar-refractivity contribution in [3.05, 3.63) is 239 Å². The summed E-state index contributed by atoms with van der Waals surface area (Å²) in [7, 11) is 0.